The molecule has 202 valence electrons. The Bertz CT molecular complexity index is 1270. The summed E-state index contributed by atoms with van der Waals surface area (Å²) in [6, 6.07) is 7.18. The number of para-hydroxylation sites is 1. The van der Waals surface area contributed by atoms with Gasteiger partial charge in [-0.15, -0.1) is 0 Å². The SMILES string of the molecule is CCN1CCN(CCC(=O)Nc2cc(Nc3cccc(-c4ncn(C)n4)c3OC)c(C(=O)NC)cn2)CC1. The quantitative estimate of drug-likeness (QED) is 0.367. The van der Waals surface area contributed by atoms with Crippen LogP contribution in [0, 0.1) is 0 Å². The number of carbonyl (C=O) groups excluding carboxylic acids is 2. The molecule has 2 aromatic heterocycles. The van der Waals surface area contributed by atoms with E-state index in [9.17, 15) is 9.59 Å². The van der Waals surface area contributed by atoms with Gasteiger partial charge >= 0.3 is 0 Å². The lowest BCUT2D eigenvalue weighted by Crippen LogP contribution is -2.46. The van der Waals surface area contributed by atoms with E-state index in [1.807, 2.05) is 18.2 Å². The molecule has 1 aliphatic heterocycles. The Balaban J connectivity index is 1.51. The van der Waals surface area contributed by atoms with Crippen LogP contribution in [0.3, 0.4) is 0 Å². The molecule has 1 fully saturated rings. The molecule has 0 saturated carbocycles. The van der Waals surface area contributed by atoms with Crippen molar-refractivity contribution in [2.24, 2.45) is 7.05 Å². The van der Waals surface area contributed by atoms with Crippen molar-refractivity contribution in [3.05, 3.63) is 42.4 Å². The number of piperazine rings is 1. The highest BCUT2D eigenvalue weighted by molar-refractivity contribution is 6.01. The van der Waals surface area contributed by atoms with E-state index in [1.165, 1.54) is 6.20 Å². The van der Waals surface area contributed by atoms with Gasteiger partial charge in [0.25, 0.3) is 5.91 Å². The predicted octanol–water partition coefficient (Wildman–Crippen LogP) is 1.96. The number of aryl methyl sites for hydroxylation is 1. The summed E-state index contributed by atoms with van der Waals surface area (Å²) in [6.07, 6.45) is 3.42. The van der Waals surface area contributed by atoms with Crippen molar-refractivity contribution in [1.29, 1.82) is 0 Å². The maximum atomic E-state index is 12.7. The molecule has 3 N–H and O–H groups in total. The number of amides is 2. The van der Waals surface area contributed by atoms with Crippen molar-refractivity contribution < 1.29 is 14.3 Å². The Hall–Kier alpha value is -4.03. The third-order valence-corrected chi connectivity index (χ3v) is 6.54. The number of nitrogens with one attached hydrogen (secondary N) is 3. The Morgan fingerprint density at radius 2 is 1.84 bits per heavy atom. The summed E-state index contributed by atoms with van der Waals surface area (Å²) in [5.41, 5.74) is 2.09. The van der Waals surface area contributed by atoms with Crippen LogP contribution in [-0.4, -0.2) is 94.8 Å². The lowest BCUT2D eigenvalue weighted by molar-refractivity contribution is -0.116. The Labute approximate surface area is 222 Å². The maximum Gasteiger partial charge on any atom is 0.254 e. The molecule has 2 amide bonds. The number of benzene rings is 1. The topological polar surface area (TPSA) is 130 Å². The van der Waals surface area contributed by atoms with Gasteiger partial charge in [0, 0.05) is 65.5 Å². The highest BCUT2D eigenvalue weighted by Gasteiger charge is 2.19. The molecule has 1 aliphatic rings. The molecular formula is C26H35N9O3. The van der Waals surface area contributed by atoms with E-state index in [4.69, 9.17) is 4.74 Å². The number of pyridine rings is 1. The lowest BCUT2D eigenvalue weighted by Gasteiger charge is -2.33. The standard InChI is InChI=1S/C26H35N9O3/c1-5-34-11-13-35(14-12-34)10-9-23(36)31-22-15-21(19(16-28-22)26(37)27-2)30-20-8-6-7-18(24(20)38-4)25-29-17-33(3)32-25/h6-8,15-17H,5,9-14H2,1-4H3,(H,27,37)(H2,28,30,31,36). The first-order valence-corrected chi connectivity index (χ1v) is 12.7. The van der Waals surface area contributed by atoms with Crippen LogP contribution in [0.1, 0.15) is 23.7 Å². The van der Waals surface area contributed by atoms with E-state index in [2.05, 4.69) is 47.7 Å². The fourth-order valence-corrected chi connectivity index (χ4v) is 4.38. The van der Waals surface area contributed by atoms with Crippen LogP contribution in [0.4, 0.5) is 17.2 Å². The number of nitrogens with zero attached hydrogens (tertiary/aromatic N) is 6. The summed E-state index contributed by atoms with van der Waals surface area (Å²) in [4.78, 5) is 38.6. The van der Waals surface area contributed by atoms with Gasteiger partial charge in [-0.05, 0) is 18.7 Å². The largest absolute Gasteiger partial charge is 0.494 e. The fourth-order valence-electron chi connectivity index (χ4n) is 4.38. The zero-order valence-electron chi connectivity index (χ0n) is 22.3. The Kier molecular flexibility index (Phi) is 8.87. The van der Waals surface area contributed by atoms with Crippen LogP contribution in [0.5, 0.6) is 5.75 Å². The number of rotatable bonds is 10. The fraction of sp³-hybridized carbons (Fsp3) is 0.423. The van der Waals surface area contributed by atoms with Crippen LogP contribution >= 0.6 is 0 Å². The summed E-state index contributed by atoms with van der Waals surface area (Å²) in [5.74, 6) is 0.938. The zero-order chi connectivity index (χ0) is 27.1. The van der Waals surface area contributed by atoms with Crippen molar-refractivity contribution in [2.75, 3.05) is 64.1 Å². The molecular weight excluding hydrogens is 486 g/mol. The van der Waals surface area contributed by atoms with E-state index in [1.54, 1.807) is 38.3 Å². The monoisotopic (exact) mass is 521 g/mol. The summed E-state index contributed by atoms with van der Waals surface area (Å²) >= 11 is 0. The molecule has 3 heterocycles. The van der Waals surface area contributed by atoms with Gasteiger partial charge in [-0.3, -0.25) is 14.3 Å². The van der Waals surface area contributed by atoms with Crippen LogP contribution in [-0.2, 0) is 11.8 Å². The second kappa shape index (κ2) is 12.5. The van der Waals surface area contributed by atoms with Crippen molar-refractivity contribution in [3.63, 3.8) is 0 Å². The molecule has 0 bridgehead atoms. The second-order valence-electron chi connectivity index (χ2n) is 9.02. The molecule has 0 spiro atoms. The average Bonchev–Trinajstić information content (AvgIpc) is 3.37. The molecule has 0 unspecified atom stereocenters. The summed E-state index contributed by atoms with van der Waals surface area (Å²) in [5, 5.41) is 13.2. The Morgan fingerprint density at radius 3 is 2.50 bits per heavy atom. The average molecular weight is 522 g/mol. The van der Waals surface area contributed by atoms with Crippen molar-refractivity contribution >= 4 is 29.0 Å². The number of hydrogen-bond donors (Lipinski definition) is 3. The van der Waals surface area contributed by atoms with Crippen molar-refractivity contribution in [2.45, 2.75) is 13.3 Å². The molecule has 1 saturated heterocycles. The minimum Gasteiger partial charge on any atom is -0.494 e. The molecule has 3 aromatic rings. The highest BCUT2D eigenvalue weighted by Crippen LogP contribution is 2.37. The van der Waals surface area contributed by atoms with Crippen molar-refractivity contribution in [1.82, 2.24) is 34.9 Å². The molecule has 0 aliphatic carbocycles. The number of aromatic nitrogens is 4. The van der Waals surface area contributed by atoms with Gasteiger partial charge < -0.3 is 30.5 Å². The van der Waals surface area contributed by atoms with Gasteiger partial charge in [0.15, 0.2) is 11.6 Å². The van der Waals surface area contributed by atoms with Crippen LogP contribution in [0.2, 0.25) is 0 Å². The smallest absolute Gasteiger partial charge is 0.254 e. The van der Waals surface area contributed by atoms with Crippen molar-refractivity contribution in [3.8, 4) is 17.1 Å². The van der Waals surface area contributed by atoms with Crippen LogP contribution in [0.15, 0.2) is 36.8 Å². The van der Waals surface area contributed by atoms with Gasteiger partial charge in [0.05, 0.1) is 29.6 Å². The van der Waals surface area contributed by atoms with Gasteiger partial charge in [-0.1, -0.05) is 13.0 Å². The number of carbonyl (C=O) groups is 2. The first-order chi connectivity index (χ1) is 18.4. The van der Waals surface area contributed by atoms with E-state index in [0.717, 1.165) is 32.7 Å². The van der Waals surface area contributed by atoms with Gasteiger partial charge in [-0.2, -0.15) is 5.10 Å². The third kappa shape index (κ3) is 6.45. The van der Waals surface area contributed by atoms with Gasteiger partial charge in [0.1, 0.15) is 12.1 Å². The molecule has 12 heteroatoms. The van der Waals surface area contributed by atoms with E-state index < -0.39 is 0 Å². The highest BCUT2D eigenvalue weighted by atomic mass is 16.5. The summed E-state index contributed by atoms with van der Waals surface area (Å²) in [6.45, 7) is 7.88. The molecule has 1 aromatic carbocycles. The number of ether oxygens (including phenoxy) is 1. The normalized spacial score (nSPS) is 14.2. The number of hydrogen-bond acceptors (Lipinski definition) is 9. The van der Waals surface area contributed by atoms with Gasteiger partial charge in [-0.25, -0.2) is 9.97 Å². The third-order valence-electron chi connectivity index (χ3n) is 6.54. The number of methoxy groups -OCH3 is 1. The number of anilines is 3. The minimum atomic E-state index is -0.314. The van der Waals surface area contributed by atoms with E-state index in [-0.39, 0.29) is 11.8 Å². The second-order valence-corrected chi connectivity index (χ2v) is 9.02. The van der Waals surface area contributed by atoms with Gasteiger partial charge in [0.2, 0.25) is 5.91 Å². The minimum absolute atomic E-state index is 0.130. The molecule has 4 rings (SSSR count). The Morgan fingerprint density at radius 1 is 1.08 bits per heavy atom. The lowest BCUT2D eigenvalue weighted by atomic mass is 10.1. The molecule has 38 heavy (non-hydrogen) atoms. The molecule has 0 radical (unpaired) electrons. The van der Waals surface area contributed by atoms with Crippen LogP contribution < -0.4 is 20.7 Å². The van der Waals surface area contributed by atoms with Crippen LogP contribution in [0.25, 0.3) is 11.4 Å². The first-order valence-electron chi connectivity index (χ1n) is 12.7. The van der Waals surface area contributed by atoms with E-state index >= 15 is 0 Å². The summed E-state index contributed by atoms with van der Waals surface area (Å²) in [7, 11) is 4.91. The van der Waals surface area contributed by atoms with E-state index in [0.29, 0.717) is 52.9 Å². The first kappa shape index (κ1) is 27.0. The predicted molar refractivity (Wildman–Crippen MR) is 146 cm³/mol. The molecule has 12 nitrogen and oxygen atoms in total. The maximum absolute atomic E-state index is 12.7. The summed E-state index contributed by atoms with van der Waals surface area (Å²) < 4.78 is 7.30. The zero-order valence-corrected chi connectivity index (χ0v) is 22.3. The number of likely N-dealkylation sites (N-methyl/N-ethyl adjacent to an activating group) is 1. The molecule has 0 atom stereocenters.